The molecule has 0 bridgehead atoms. The van der Waals surface area contributed by atoms with Crippen LogP contribution in [0.15, 0.2) is 29.2 Å². The molecular formula is C17H19N5O3. The molecule has 0 aliphatic carbocycles. The number of aryl methyl sites for hydroxylation is 2. The molecule has 0 atom stereocenters. The summed E-state index contributed by atoms with van der Waals surface area (Å²) in [5.41, 5.74) is 2.98. The van der Waals surface area contributed by atoms with E-state index in [0.29, 0.717) is 23.6 Å². The third kappa shape index (κ3) is 3.37. The minimum atomic E-state index is -0.202. The summed E-state index contributed by atoms with van der Waals surface area (Å²) in [6.45, 7) is 3.77. The Bertz CT molecular complexity index is 990. The highest BCUT2D eigenvalue weighted by molar-refractivity contribution is 5.91. The van der Waals surface area contributed by atoms with E-state index in [-0.39, 0.29) is 17.9 Å². The van der Waals surface area contributed by atoms with Crippen LogP contribution in [-0.2, 0) is 11.2 Å². The zero-order valence-electron chi connectivity index (χ0n) is 14.3. The maximum absolute atomic E-state index is 12.3. The second-order valence-electron chi connectivity index (χ2n) is 5.68. The second kappa shape index (κ2) is 6.76. The summed E-state index contributed by atoms with van der Waals surface area (Å²) >= 11 is 0. The van der Waals surface area contributed by atoms with Crippen LogP contribution >= 0.6 is 0 Å². The summed E-state index contributed by atoms with van der Waals surface area (Å²) in [5.74, 6) is 0.736. The van der Waals surface area contributed by atoms with Crippen LogP contribution in [0, 0.1) is 13.8 Å². The molecule has 25 heavy (non-hydrogen) atoms. The molecule has 0 spiro atoms. The molecule has 130 valence electrons. The molecule has 3 rings (SSSR count). The van der Waals surface area contributed by atoms with Gasteiger partial charge in [-0.3, -0.25) is 14.7 Å². The summed E-state index contributed by atoms with van der Waals surface area (Å²) in [7, 11) is 1.53. The van der Waals surface area contributed by atoms with Crippen LogP contribution in [0.2, 0.25) is 0 Å². The number of amides is 1. The minimum Gasteiger partial charge on any atom is -0.493 e. The van der Waals surface area contributed by atoms with E-state index in [1.54, 1.807) is 22.8 Å². The van der Waals surface area contributed by atoms with Gasteiger partial charge in [0.15, 0.2) is 17.2 Å². The Morgan fingerprint density at radius 2 is 2.20 bits per heavy atom. The van der Waals surface area contributed by atoms with E-state index >= 15 is 0 Å². The lowest BCUT2D eigenvalue weighted by Crippen LogP contribution is -2.15. The topological polar surface area (TPSA) is 101 Å². The quantitative estimate of drug-likeness (QED) is 0.734. The fraction of sp³-hybridized carbons (Fsp3) is 0.294. The number of carbonyl (C=O) groups is 1. The van der Waals surface area contributed by atoms with Crippen molar-refractivity contribution >= 4 is 17.4 Å². The molecule has 3 heterocycles. The first-order valence-corrected chi connectivity index (χ1v) is 7.86. The first-order chi connectivity index (χ1) is 12.0. The highest BCUT2D eigenvalue weighted by Gasteiger charge is 2.13. The van der Waals surface area contributed by atoms with Gasteiger partial charge in [0, 0.05) is 30.1 Å². The first kappa shape index (κ1) is 16.7. The Balaban J connectivity index is 1.76. The molecule has 0 fully saturated rings. The van der Waals surface area contributed by atoms with Crippen molar-refractivity contribution < 1.29 is 9.53 Å². The van der Waals surface area contributed by atoms with Gasteiger partial charge in [0.25, 0.3) is 5.56 Å². The van der Waals surface area contributed by atoms with E-state index in [1.165, 1.54) is 13.2 Å². The average molecular weight is 341 g/mol. The molecule has 0 saturated carbocycles. The van der Waals surface area contributed by atoms with Gasteiger partial charge in [0.2, 0.25) is 5.91 Å². The maximum atomic E-state index is 12.3. The van der Waals surface area contributed by atoms with Gasteiger partial charge in [-0.05, 0) is 38.0 Å². The van der Waals surface area contributed by atoms with Crippen LogP contribution in [0.5, 0.6) is 5.75 Å². The lowest BCUT2D eigenvalue weighted by molar-refractivity contribution is -0.116. The van der Waals surface area contributed by atoms with Crippen LogP contribution in [0.3, 0.4) is 0 Å². The van der Waals surface area contributed by atoms with Gasteiger partial charge in [0.1, 0.15) is 0 Å². The van der Waals surface area contributed by atoms with Crippen LogP contribution < -0.4 is 15.6 Å². The molecule has 8 nitrogen and oxygen atoms in total. The zero-order valence-corrected chi connectivity index (χ0v) is 14.3. The van der Waals surface area contributed by atoms with Gasteiger partial charge >= 0.3 is 0 Å². The molecule has 3 aromatic rings. The second-order valence-corrected chi connectivity index (χ2v) is 5.68. The van der Waals surface area contributed by atoms with Gasteiger partial charge in [-0.15, -0.1) is 0 Å². The van der Waals surface area contributed by atoms with Crippen molar-refractivity contribution in [1.29, 1.82) is 0 Å². The number of rotatable bonds is 5. The van der Waals surface area contributed by atoms with E-state index in [1.807, 2.05) is 13.8 Å². The molecule has 0 aromatic carbocycles. The first-order valence-electron chi connectivity index (χ1n) is 7.86. The van der Waals surface area contributed by atoms with Crippen molar-refractivity contribution in [1.82, 2.24) is 19.6 Å². The normalized spacial score (nSPS) is 10.8. The van der Waals surface area contributed by atoms with Crippen LogP contribution in [0.25, 0.3) is 5.65 Å². The van der Waals surface area contributed by atoms with Crippen LogP contribution in [0.4, 0.5) is 5.82 Å². The molecule has 0 aliphatic rings. The van der Waals surface area contributed by atoms with Crippen molar-refractivity contribution in [2.75, 3.05) is 12.4 Å². The number of H-pyrrole nitrogens is 1. The fourth-order valence-electron chi connectivity index (χ4n) is 2.80. The number of hydrogen-bond donors (Lipinski definition) is 2. The number of fused-ring (bicyclic) bond motifs is 1. The summed E-state index contributed by atoms with van der Waals surface area (Å²) in [5, 5.41) is 5.46. The van der Waals surface area contributed by atoms with Gasteiger partial charge in [0.05, 0.1) is 7.11 Å². The molecule has 8 heteroatoms. The van der Waals surface area contributed by atoms with Crippen molar-refractivity contribution in [3.05, 3.63) is 51.7 Å². The lowest BCUT2D eigenvalue weighted by atomic mass is 10.1. The third-order valence-corrected chi connectivity index (χ3v) is 4.05. The van der Waals surface area contributed by atoms with Crippen molar-refractivity contribution in [3.8, 4) is 5.75 Å². The van der Waals surface area contributed by atoms with E-state index in [9.17, 15) is 9.59 Å². The minimum absolute atomic E-state index is 0.170. The number of methoxy groups -OCH3 is 1. The molecule has 2 N–H and O–H groups in total. The standard InChI is InChI=1S/C17H19N5O3/c1-10-12(11(2)22-14(19-10)9-16(24)21-22)6-7-15(23)20-17-13(25-3)5-4-8-18-17/h4-5,8-9H,6-7H2,1-3H3,(H,21,24)(H,18,20,23). The van der Waals surface area contributed by atoms with Crippen molar-refractivity contribution in [2.45, 2.75) is 26.7 Å². The molecule has 0 aliphatic heterocycles. The molecule has 0 radical (unpaired) electrons. The number of anilines is 1. The number of ether oxygens (including phenoxy) is 1. The lowest BCUT2D eigenvalue weighted by Gasteiger charge is -2.12. The predicted molar refractivity (Wildman–Crippen MR) is 93.0 cm³/mol. The smallest absolute Gasteiger partial charge is 0.266 e. The Morgan fingerprint density at radius 3 is 2.96 bits per heavy atom. The summed E-state index contributed by atoms with van der Waals surface area (Å²) in [6, 6.07) is 4.92. The van der Waals surface area contributed by atoms with Crippen LogP contribution in [0.1, 0.15) is 23.4 Å². The Hall–Kier alpha value is -3.16. The molecular weight excluding hydrogens is 322 g/mol. The Morgan fingerprint density at radius 1 is 1.40 bits per heavy atom. The van der Waals surface area contributed by atoms with Crippen LogP contribution in [-0.4, -0.2) is 32.6 Å². The highest BCUT2D eigenvalue weighted by atomic mass is 16.5. The zero-order chi connectivity index (χ0) is 18.0. The number of pyridine rings is 1. The monoisotopic (exact) mass is 341 g/mol. The fourth-order valence-corrected chi connectivity index (χ4v) is 2.80. The number of aromatic amines is 1. The maximum Gasteiger partial charge on any atom is 0.266 e. The van der Waals surface area contributed by atoms with E-state index in [4.69, 9.17) is 4.74 Å². The highest BCUT2D eigenvalue weighted by Crippen LogP contribution is 2.21. The van der Waals surface area contributed by atoms with Gasteiger partial charge in [-0.25, -0.2) is 14.5 Å². The predicted octanol–water partition coefficient (Wildman–Crippen LogP) is 1.61. The number of nitrogens with zero attached hydrogens (tertiary/aromatic N) is 3. The van der Waals surface area contributed by atoms with Gasteiger partial charge < -0.3 is 10.1 Å². The molecule has 0 unspecified atom stereocenters. The van der Waals surface area contributed by atoms with E-state index < -0.39 is 0 Å². The SMILES string of the molecule is COc1cccnc1NC(=O)CCc1c(C)nc2cc(=O)[nH]n2c1C. The summed E-state index contributed by atoms with van der Waals surface area (Å²) in [6.07, 6.45) is 2.36. The molecule has 1 amide bonds. The largest absolute Gasteiger partial charge is 0.493 e. The van der Waals surface area contributed by atoms with E-state index in [2.05, 4.69) is 20.4 Å². The molecule has 3 aromatic heterocycles. The molecule has 0 saturated heterocycles. The van der Waals surface area contributed by atoms with Gasteiger partial charge in [-0.2, -0.15) is 0 Å². The average Bonchev–Trinajstić information content (AvgIpc) is 2.95. The van der Waals surface area contributed by atoms with E-state index in [0.717, 1.165) is 17.0 Å². The van der Waals surface area contributed by atoms with Crippen molar-refractivity contribution in [3.63, 3.8) is 0 Å². The number of hydrogen-bond acceptors (Lipinski definition) is 5. The third-order valence-electron chi connectivity index (χ3n) is 4.05. The Labute approximate surface area is 143 Å². The van der Waals surface area contributed by atoms with Gasteiger partial charge in [-0.1, -0.05) is 0 Å². The summed E-state index contributed by atoms with van der Waals surface area (Å²) < 4.78 is 6.82. The van der Waals surface area contributed by atoms with Crippen molar-refractivity contribution in [2.24, 2.45) is 0 Å². The number of aromatic nitrogens is 4. The number of nitrogens with one attached hydrogen (secondary N) is 2. The summed E-state index contributed by atoms with van der Waals surface area (Å²) in [4.78, 5) is 32.3. The Kier molecular flexibility index (Phi) is 4.51. The number of carbonyl (C=O) groups excluding carboxylic acids is 1.